The summed E-state index contributed by atoms with van der Waals surface area (Å²) in [6.45, 7) is 1.68. The Kier molecular flexibility index (Phi) is 4.30. The number of anilines is 1. The van der Waals surface area contributed by atoms with Gasteiger partial charge >= 0.3 is 0 Å². The fourth-order valence-electron chi connectivity index (χ4n) is 5.58. The van der Waals surface area contributed by atoms with Crippen LogP contribution in [0.15, 0.2) is 36.4 Å². The second kappa shape index (κ2) is 6.93. The summed E-state index contributed by atoms with van der Waals surface area (Å²) in [5.41, 5.74) is 0.111. The normalized spacial score (nSPS) is 30.1. The van der Waals surface area contributed by atoms with Gasteiger partial charge in [0.05, 0.1) is 35.2 Å². The van der Waals surface area contributed by atoms with Crippen molar-refractivity contribution in [2.75, 3.05) is 12.1 Å². The monoisotopic (exact) mass is 469 g/mol. The lowest BCUT2D eigenvalue weighted by atomic mass is 9.76. The number of rotatable bonds is 3. The van der Waals surface area contributed by atoms with E-state index in [0.29, 0.717) is 33.3 Å². The number of fused-ring (bicyclic) bond motifs is 5. The lowest BCUT2D eigenvalue weighted by Crippen LogP contribution is -2.54. The molecule has 4 aliphatic heterocycles. The molecule has 0 bridgehead atoms. The number of nitrogens with one attached hydrogen (secondary N) is 2. The molecule has 2 saturated heterocycles. The number of amides is 3. The minimum absolute atomic E-state index is 0.0218. The number of para-hydroxylation sites is 1. The summed E-state index contributed by atoms with van der Waals surface area (Å²) in [5.74, 6) is -2.13. The maximum Gasteiger partial charge on any atom is 0.250 e. The molecule has 1 spiro atoms. The third kappa shape index (κ3) is 2.64. The number of carbonyl (C=O) groups is 3. The van der Waals surface area contributed by atoms with Crippen molar-refractivity contribution in [2.24, 2.45) is 11.8 Å². The Labute approximate surface area is 193 Å². The van der Waals surface area contributed by atoms with E-state index in [-0.39, 0.29) is 13.3 Å². The lowest BCUT2D eigenvalue weighted by Gasteiger charge is -2.30. The number of benzene rings is 2. The van der Waals surface area contributed by atoms with Crippen molar-refractivity contribution in [3.05, 3.63) is 52.5 Å². The van der Waals surface area contributed by atoms with Crippen molar-refractivity contribution < 1.29 is 29.0 Å². The van der Waals surface area contributed by atoms with Crippen molar-refractivity contribution >= 4 is 35.0 Å². The molecule has 10 heteroatoms. The molecule has 0 aliphatic carbocycles. The zero-order valence-corrected chi connectivity index (χ0v) is 18.3. The molecule has 4 aliphatic rings. The third-order valence-electron chi connectivity index (χ3n) is 7.02. The van der Waals surface area contributed by atoms with E-state index in [1.807, 2.05) is 0 Å². The van der Waals surface area contributed by atoms with Crippen LogP contribution >= 0.6 is 11.6 Å². The number of halogens is 1. The molecule has 9 nitrogen and oxygen atoms in total. The number of imide groups is 1. The number of nitrogens with zero attached hydrogens (tertiary/aromatic N) is 1. The van der Waals surface area contributed by atoms with Gasteiger partial charge < -0.3 is 19.9 Å². The molecular formula is C23H20ClN3O6. The number of hydrogen-bond donors (Lipinski definition) is 3. The van der Waals surface area contributed by atoms with Crippen LogP contribution in [-0.2, 0) is 26.5 Å². The zero-order valence-electron chi connectivity index (χ0n) is 17.5. The van der Waals surface area contributed by atoms with Gasteiger partial charge in [0.2, 0.25) is 24.5 Å². The van der Waals surface area contributed by atoms with Gasteiger partial charge in [-0.25, -0.2) is 0 Å². The zero-order chi connectivity index (χ0) is 23.1. The highest BCUT2D eigenvalue weighted by atomic mass is 35.5. The third-order valence-corrected chi connectivity index (χ3v) is 7.34. The van der Waals surface area contributed by atoms with E-state index in [1.165, 1.54) is 11.8 Å². The second-order valence-corrected chi connectivity index (χ2v) is 9.20. The fraction of sp³-hybridized carbons (Fsp3) is 0.348. The molecule has 3 N–H and O–H groups in total. The molecule has 5 atom stereocenters. The standard InChI is InChI=1S/C23H20ClN3O6/c1-10(28)18-16-17(23(26-18)12-3-2-4-13(24)19(12)25-22(23)31)21(30)27(20(16)29)8-11-5-6-14-15(7-11)33-9-32-14/h2-7,10,16-18,26,28H,8-9H2,1H3,(H,25,31)/t10-,16-,17-,18-,23-/m0/s1. The quantitative estimate of drug-likeness (QED) is 0.581. The molecule has 2 fully saturated rings. The predicted octanol–water partition coefficient (Wildman–Crippen LogP) is 1.37. The van der Waals surface area contributed by atoms with Gasteiger partial charge in [-0.05, 0) is 30.7 Å². The molecule has 0 radical (unpaired) electrons. The first-order valence-electron chi connectivity index (χ1n) is 10.6. The summed E-state index contributed by atoms with van der Waals surface area (Å²) in [7, 11) is 0. The van der Waals surface area contributed by atoms with Gasteiger partial charge in [0.25, 0.3) is 0 Å². The highest BCUT2D eigenvalue weighted by molar-refractivity contribution is 6.35. The smallest absolute Gasteiger partial charge is 0.250 e. The molecule has 0 aromatic heterocycles. The van der Waals surface area contributed by atoms with Gasteiger partial charge in [0.15, 0.2) is 11.5 Å². The van der Waals surface area contributed by atoms with Crippen molar-refractivity contribution in [2.45, 2.75) is 31.2 Å². The van der Waals surface area contributed by atoms with Gasteiger partial charge in [-0.3, -0.25) is 24.6 Å². The summed E-state index contributed by atoms with van der Waals surface area (Å²) in [6, 6.07) is 9.49. The Hall–Kier alpha value is -3.14. The van der Waals surface area contributed by atoms with Crippen molar-refractivity contribution in [1.29, 1.82) is 0 Å². The number of hydrogen-bond acceptors (Lipinski definition) is 7. The molecule has 170 valence electrons. The van der Waals surface area contributed by atoms with Crippen LogP contribution in [0.25, 0.3) is 0 Å². The van der Waals surface area contributed by atoms with Crippen LogP contribution in [0.5, 0.6) is 11.5 Å². The molecule has 2 aromatic carbocycles. The van der Waals surface area contributed by atoms with Crippen LogP contribution in [0.2, 0.25) is 5.02 Å². The van der Waals surface area contributed by atoms with Crippen molar-refractivity contribution in [3.8, 4) is 11.5 Å². The largest absolute Gasteiger partial charge is 0.454 e. The van der Waals surface area contributed by atoms with Gasteiger partial charge in [-0.1, -0.05) is 29.8 Å². The van der Waals surface area contributed by atoms with E-state index in [1.54, 1.807) is 36.4 Å². The molecule has 0 unspecified atom stereocenters. The maximum absolute atomic E-state index is 13.7. The van der Waals surface area contributed by atoms with E-state index < -0.39 is 47.2 Å². The number of carbonyl (C=O) groups excluding carboxylic acids is 3. The molecule has 3 amide bonds. The van der Waals surface area contributed by atoms with Crippen LogP contribution in [0.4, 0.5) is 5.69 Å². The SMILES string of the molecule is C[C@H](O)[C@@H]1N[C@]2(C(=O)Nc3c(Cl)cccc32)[C@@H]2C(=O)N(Cc3ccc4c(c3)OCO4)C(=O)[C@H]12. The van der Waals surface area contributed by atoms with Gasteiger partial charge in [-0.2, -0.15) is 0 Å². The Morgan fingerprint density at radius 3 is 2.76 bits per heavy atom. The first-order chi connectivity index (χ1) is 15.8. The van der Waals surface area contributed by atoms with E-state index in [4.69, 9.17) is 21.1 Å². The number of ether oxygens (including phenoxy) is 2. The number of aliphatic hydroxyl groups excluding tert-OH is 1. The fourth-order valence-corrected chi connectivity index (χ4v) is 5.80. The Balaban J connectivity index is 1.43. The average molecular weight is 470 g/mol. The van der Waals surface area contributed by atoms with Crippen LogP contribution in [-0.4, -0.2) is 46.7 Å². The van der Waals surface area contributed by atoms with Gasteiger partial charge in [0, 0.05) is 11.6 Å². The summed E-state index contributed by atoms with van der Waals surface area (Å²) in [5, 5.41) is 16.7. The number of aliphatic hydroxyl groups is 1. The molecule has 4 heterocycles. The molecule has 2 aromatic rings. The topological polar surface area (TPSA) is 117 Å². The van der Waals surface area contributed by atoms with Crippen LogP contribution in [0.1, 0.15) is 18.1 Å². The summed E-state index contributed by atoms with van der Waals surface area (Å²) in [4.78, 5) is 41.7. The minimum atomic E-state index is -1.50. The highest BCUT2D eigenvalue weighted by Gasteiger charge is 2.71. The lowest BCUT2D eigenvalue weighted by molar-refractivity contribution is -0.143. The Bertz CT molecular complexity index is 1230. The van der Waals surface area contributed by atoms with Crippen molar-refractivity contribution in [1.82, 2.24) is 10.2 Å². The van der Waals surface area contributed by atoms with Crippen molar-refractivity contribution in [3.63, 3.8) is 0 Å². The van der Waals surface area contributed by atoms with Gasteiger partial charge in [0.1, 0.15) is 5.54 Å². The molecule has 33 heavy (non-hydrogen) atoms. The van der Waals surface area contributed by atoms with E-state index in [9.17, 15) is 19.5 Å². The van der Waals surface area contributed by atoms with E-state index in [2.05, 4.69) is 10.6 Å². The first kappa shape index (κ1) is 20.5. The summed E-state index contributed by atoms with van der Waals surface area (Å²) < 4.78 is 10.7. The highest BCUT2D eigenvalue weighted by Crippen LogP contribution is 2.54. The minimum Gasteiger partial charge on any atom is -0.454 e. The Morgan fingerprint density at radius 2 is 1.97 bits per heavy atom. The maximum atomic E-state index is 13.7. The van der Waals surface area contributed by atoms with Crippen LogP contribution < -0.4 is 20.1 Å². The molecule has 6 rings (SSSR count). The summed E-state index contributed by atoms with van der Waals surface area (Å²) in [6.07, 6.45) is -0.977. The molecule has 0 saturated carbocycles. The first-order valence-corrected chi connectivity index (χ1v) is 11.0. The molecular weight excluding hydrogens is 450 g/mol. The van der Waals surface area contributed by atoms with Gasteiger partial charge in [-0.15, -0.1) is 0 Å². The number of likely N-dealkylation sites (tertiary alicyclic amines) is 1. The van der Waals surface area contributed by atoms with E-state index in [0.717, 1.165) is 0 Å². The predicted molar refractivity (Wildman–Crippen MR) is 115 cm³/mol. The summed E-state index contributed by atoms with van der Waals surface area (Å²) >= 11 is 6.31. The van der Waals surface area contributed by atoms with E-state index >= 15 is 0 Å². The van der Waals surface area contributed by atoms with Crippen LogP contribution in [0.3, 0.4) is 0 Å². The second-order valence-electron chi connectivity index (χ2n) is 8.79. The Morgan fingerprint density at radius 1 is 1.18 bits per heavy atom. The van der Waals surface area contributed by atoms with Crippen LogP contribution in [0, 0.1) is 11.8 Å². The average Bonchev–Trinajstić information content (AvgIpc) is 3.51.